The number of hydrogen-bond acceptors (Lipinski definition) is 7. The number of fused-ring (bicyclic) bond motifs is 2. The normalized spacial score (nSPS) is 15.3. The van der Waals surface area contributed by atoms with Gasteiger partial charge in [0, 0.05) is 30.5 Å². The van der Waals surface area contributed by atoms with Gasteiger partial charge in [0.1, 0.15) is 5.76 Å². The number of amides is 1. The van der Waals surface area contributed by atoms with Crippen molar-refractivity contribution in [1.82, 2.24) is 4.98 Å². The number of carbonyl (C=O) groups is 2. The lowest BCUT2D eigenvalue weighted by Gasteiger charge is -2.27. The summed E-state index contributed by atoms with van der Waals surface area (Å²) < 4.78 is 17.3. The van der Waals surface area contributed by atoms with Crippen molar-refractivity contribution in [2.45, 2.75) is 33.6 Å². The maximum absolute atomic E-state index is 12.8. The molecule has 1 N–H and O–H groups in total. The molecule has 0 fully saturated rings. The largest absolute Gasteiger partial charge is 0.493 e. The monoisotopic (exact) mass is 414 g/mol. The minimum atomic E-state index is -0.416. The molecule has 1 aliphatic carbocycles. The SMILES string of the molecule is COc1cc2nc(NC(=O)c3oc4c(c3C)C(=O)CC(C)(C)C4)sc2cc1OC. The molecule has 8 heteroatoms. The smallest absolute Gasteiger partial charge is 0.293 e. The van der Waals surface area contributed by atoms with Gasteiger partial charge in [-0.2, -0.15) is 0 Å². The molecule has 1 aliphatic rings. The average Bonchev–Trinajstić information content (AvgIpc) is 3.18. The number of hydrogen-bond donors (Lipinski definition) is 1. The third-order valence-electron chi connectivity index (χ3n) is 5.10. The number of methoxy groups -OCH3 is 2. The highest BCUT2D eigenvalue weighted by Crippen LogP contribution is 2.39. The zero-order chi connectivity index (χ0) is 20.9. The zero-order valence-electron chi connectivity index (χ0n) is 17.0. The predicted octanol–water partition coefficient (Wildman–Crippen LogP) is 4.62. The standard InChI is InChI=1S/C21H22N2O5S/c1-10-17-12(24)8-21(2,3)9-15(17)28-18(10)19(25)23-20-22-11-6-13(26-4)14(27-5)7-16(11)29-20/h6-7H,8-9H2,1-5H3,(H,22,23,25). The van der Waals surface area contributed by atoms with Gasteiger partial charge < -0.3 is 13.9 Å². The van der Waals surface area contributed by atoms with Gasteiger partial charge in [-0.05, 0) is 12.3 Å². The second-order valence-electron chi connectivity index (χ2n) is 7.94. The Morgan fingerprint density at radius 3 is 2.59 bits per heavy atom. The summed E-state index contributed by atoms with van der Waals surface area (Å²) in [5, 5.41) is 3.22. The third kappa shape index (κ3) is 3.37. The van der Waals surface area contributed by atoms with E-state index in [-0.39, 0.29) is 17.0 Å². The predicted molar refractivity (Wildman–Crippen MR) is 111 cm³/mol. The van der Waals surface area contributed by atoms with Crippen LogP contribution in [0.25, 0.3) is 10.2 Å². The number of ether oxygens (including phenoxy) is 2. The quantitative estimate of drug-likeness (QED) is 0.670. The number of nitrogens with zero attached hydrogens (tertiary/aromatic N) is 1. The number of thiazole rings is 1. The molecule has 4 rings (SSSR count). The second-order valence-corrected chi connectivity index (χ2v) is 8.97. The van der Waals surface area contributed by atoms with E-state index in [1.807, 2.05) is 19.9 Å². The lowest BCUT2D eigenvalue weighted by atomic mass is 9.76. The van der Waals surface area contributed by atoms with Crippen molar-refractivity contribution < 1.29 is 23.5 Å². The molecule has 2 aromatic heterocycles. The molecule has 0 saturated carbocycles. The van der Waals surface area contributed by atoms with E-state index in [0.29, 0.717) is 51.9 Å². The summed E-state index contributed by atoms with van der Waals surface area (Å²) >= 11 is 1.32. The summed E-state index contributed by atoms with van der Waals surface area (Å²) in [7, 11) is 3.13. The fraction of sp³-hybridized carbons (Fsp3) is 0.381. The molecule has 2 heterocycles. The van der Waals surface area contributed by atoms with Crippen LogP contribution >= 0.6 is 11.3 Å². The molecule has 152 valence electrons. The Balaban J connectivity index is 1.64. The van der Waals surface area contributed by atoms with Gasteiger partial charge in [0.05, 0.1) is 30.0 Å². The number of ketones is 1. The van der Waals surface area contributed by atoms with Crippen LogP contribution in [0.3, 0.4) is 0 Å². The molecular formula is C21H22N2O5S. The molecule has 0 saturated heterocycles. The number of Topliss-reactive ketones (excluding diaryl/α,β-unsaturated/α-hetero) is 1. The van der Waals surface area contributed by atoms with Crippen molar-refractivity contribution >= 4 is 38.4 Å². The van der Waals surface area contributed by atoms with Crippen molar-refractivity contribution in [2.24, 2.45) is 5.41 Å². The molecule has 0 bridgehead atoms. The van der Waals surface area contributed by atoms with Gasteiger partial charge in [0.15, 0.2) is 28.2 Å². The lowest BCUT2D eigenvalue weighted by Crippen LogP contribution is -2.26. The van der Waals surface area contributed by atoms with Crippen molar-refractivity contribution in [1.29, 1.82) is 0 Å². The fourth-order valence-electron chi connectivity index (χ4n) is 3.76. The lowest BCUT2D eigenvalue weighted by molar-refractivity contribution is 0.0898. The second kappa shape index (κ2) is 6.88. The Kier molecular flexibility index (Phi) is 4.61. The van der Waals surface area contributed by atoms with E-state index in [0.717, 1.165) is 4.70 Å². The van der Waals surface area contributed by atoms with Gasteiger partial charge in [0.2, 0.25) is 0 Å². The maximum Gasteiger partial charge on any atom is 0.293 e. The van der Waals surface area contributed by atoms with E-state index in [1.54, 1.807) is 27.2 Å². The minimum Gasteiger partial charge on any atom is -0.493 e. The summed E-state index contributed by atoms with van der Waals surface area (Å²) in [6, 6.07) is 3.58. The van der Waals surface area contributed by atoms with E-state index in [2.05, 4.69) is 10.3 Å². The van der Waals surface area contributed by atoms with Crippen molar-refractivity contribution in [3.05, 3.63) is 34.8 Å². The van der Waals surface area contributed by atoms with E-state index in [1.165, 1.54) is 11.3 Å². The number of rotatable bonds is 4. The number of furan rings is 1. The molecule has 1 aromatic carbocycles. The highest BCUT2D eigenvalue weighted by atomic mass is 32.1. The summed E-state index contributed by atoms with van der Waals surface area (Å²) in [5.41, 5.74) is 1.65. The summed E-state index contributed by atoms with van der Waals surface area (Å²) in [6.45, 7) is 5.80. The Morgan fingerprint density at radius 2 is 1.90 bits per heavy atom. The Labute approximate surface area is 172 Å². The van der Waals surface area contributed by atoms with Crippen LogP contribution in [-0.4, -0.2) is 30.9 Å². The van der Waals surface area contributed by atoms with Crippen LogP contribution in [0.15, 0.2) is 16.5 Å². The van der Waals surface area contributed by atoms with E-state index in [4.69, 9.17) is 13.9 Å². The molecule has 1 amide bonds. The summed E-state index contributed by atoms with van der Waals surface area (Å²) in [4.78, 5) is 29.8. The Hall–Kier alpha value is -2.87. The van der Waals surface area contributed by atoms with Crippen molar-refractivity contribution in [3.8, 4) is 11.5 Å². The Morgan fingerprint density at radius 1 is 1.21 bits per heavy atom. The number of anilines is 1. The molecule has 0 unspecified atom stereocenters. The number of nitrogens with one attached hydrogen (secondary N) is 1. The van der Waals surface area contributed by atoms with Gasteiger partial charge in [0.25, 0.3) is 5.91 Å². The van der Waals surface area contributed by atoms with Crippen LogP contribution < -0.4 is 14.8 Å². The molecule has 0 atom stereocenters. The highest BCUT2D eigenvalue weighted by molar-refractivity contribution is 7.22. The van der Waals surface area contributed by atoms with Crippen LogP contribution in [0.2, 0.25) is 0 Å². The van der Waals surface area contributed by atoms with E-state index < -0.39 is 5.91 Å². The first-order valence-corrected chi connectivity index (χ1v) is 10.0. The molecule has 3 aromatic rings. The van der Waals surface area contributed by atoms with Crippen molar-refractivity contribution in [2.75, 3.05) is 19.5 Å². The number of carbonyl (C=O) groups excluding carboxylic acids is 2. The van der Waals surface area contributed by atoms with Crippen LogP contribution in [0.1, 0.15) is 52.5 Å². The number of benzene rings is 1. The van der Waals surface area contributed by atoms with Crippen LogP contribution in [0.5, 0.6) is 11.5 Å². The minimum absolute atomic E-state index is 0.0238. The van der Waals surface area contributed by atoms with Crippen molar-refractivity contribution in [3.63, 3.8) is 0 Å². The maximum atomic E-state index is 12.8. The first-order chi connectivity index (χ1) is 13.7. The van der Waals surface area contributed by atoms with Crippen LogP contribution in [0.4, 0.5) is 5.13 Å². The first kappa shape index (κ1) is 19.4. The molecule has 29 heavy (non-hydrogen) atoms. The molecular weight excluding hydrogens is 392 g/mol. The molecule has 0 radical (unpaired) electrons. The fourth-order valence-corrected chi connectivity index (χ4v) is 4.63. The molecule has 0 aliphatic heterocycles. The van der Waals surface area contributed by atoms with Gasteiger partial charge >= 0.3 is 0 Å². The molecule has 0 spiro atoms. The molecule has 7 nitrogen and oxygen atoms in total. The topological polar surface area (TPSA) is 90.7 Å². The van der Waals surface area contributed by atoms with E-state index >= 15 is 0 Å². The summed E-state index contributed by atoms with van der Waals surface area (Å²) in [6.07, 6.45) is 1.08. The van der Waals surface area contributed by atoms with Gasteiger partial charge in [-0.3, -0.25) is 14.9 Å². The Bertz CT molecular complexity index is 1100. The van der Waals surface area contributed by atoms with Crippen LogP contribution in [-0.2, 0) is 6.42 Å². The van der Waals surface area contributed by atoms with Gasteiger partial charge in [-0.15, -0.1) is 0 Å². The van der Waals surface area contributed by atoms with E-state index in [9.17, 15) is 9.59 Å². The van der Waals surface area contributed by atoms with Gasteiger partial charge in [-0.25, -0.2) is 4.98 Å². The van der Waals surface area contributed by atoms with Crippen LogP contribution in [0, 0.1) is 12.3 Å². The summed E-state index contributed by atoms with van der Waals surface area (Å²) in [5.74, 6) is 1.52. The first-order valence-electron chi connectivity index (χ1n) is 9.22. The highest BCUT2D eigenvalue weighted by Gasteiger charge is 2.37. The van der Waals surface area contributed by atoms with Gasteiger partial charge in [-0.1, -0.05) is 25.2 Å². The zero-order valence-corrected chi connectivity index (χ0v) is 17.8. The average molecular weight is 414 g/mol. The number of aromatic nitrogens is 1. The third-order valence-corrected chi connectivity index (χ3v) is 6.03.